The highest BCUT2D eigenvalue weighted by Crippen LogP contribution is 2.15. The number of hydrogen-bond donors (Lipinski definition) is 0. The van der Waals surface area contributed by atoms with E-state index in [1.54, 1.807) is 0 Å². The number of hydrogen-bond acceptors (Lipinski definition) is 3. The predicted octanol–water partition coefficient (Wildman–Crippen LogP) is 12.4. The molecule has 2 atom stereocenters. The maximum absolute atomic E-state index is 13.1. The van der Waals surface area contributed by atoms with Crippen LogP contribution >= 0.6 is 0 Å². The van der Waals surface area contributed by atoms with Crippen molar-refractivity contribution in [3.05, 3.63) is 48.6 Å². The van der Waals surface area contributed by atoms with Crippen molar-refractivity contribution in [3.8, 4) is 0 Å². The van der Waals surface area contributed by atoms with Gasteiger partial charge >= 0.3 is 0 Å². The van der Waals surface area contributed by atoms with Crippen molar-refractivity contribution in [1.29, 1.82) is 0 Å². The van der Waals surface area contributed by atoms with Crippen LogP contribution in [-0.2, 0) is 9.53 Å². The topological polar surface area (TPSA) is 29.5 Å². The Morgan fingerprint density at radius 2 is 1.05 bits per heavy atom. The molecule has 44 heavy (non-hydrogen) atoms. The number of carbonyl (C=O) groups is 1. The number of likely N-dealkylation sites (N-methyl/N-ethyl adjacent to an activating group) is 1. The molecule has 0 aromatic heterocycles. The van der Waals surface area contributed by atoms with Crippen molar-refractivity contribution < 1.29 is 9.53 Å². The summed E-state index contributed by atoms with van der Waals surface area (Å²) < 4.78 is 5.89. The lowest BCUT2D eigenvalue weighted by Gasteiger charge is -2.17. The van der Waals surface area contributed by atoms with Gasteiger partial charge in [0.15, 0.2) is 0 Å². The molecule has 0 aliphatic rings. The van der Waals surface area contributed by atoms with E-state index in [1.807, 2.05) is 0 Å². The minimum absolute atomic E-state index is 0.0302. The lowest BCUT2D eigenvalue weighted by Crippen LogP contribution is -2.26. The van der Waals surface area contributed by atoms with Gasteiger partial charge in [0.1, 0.15) is 5.78 Å². The Hall–Kier alpha value is -1.45. The fraction of sp³-hybridized carbons (Fsp3) is 0.780. The van der Waals surface area contributed by atoms with Gasteiger partial charge in [-0.25, -0.2) is 0 Å². The monoisotopic (exact) mass is 614 g/mol. The Morgan fingerprint density at radius 3 is 1.57 bits per heavy atom. The molecule has 0 saturated carbocycles. The summed E-state index contributed by atoms with van der Waals surface area (Å²) in [6.45, 7) is 8.53. The van der Waals surface area contributed by atoms with Gasteiger partial charge in [-0.3, -0.25) is 4.79 Å². The molecule has 0 aliphatic carbocycles. The third-order valence-electron chi connectivity index (χ3n) is 8.20. The van der Waals surface area contributed by atoms with Gasteiger partial charge in [0.2, 0.25) is 0 Å². The SMILES string of the molecule is CCCCC/C=C\C/C=C\CCCCCCCC(=O)C(/C=C\CCCCC)/C=C\CCCCCCCCOC(C)CN(C)C. The number of nitrogens with zero attached hydrogens (tertiary/aromatic N) is 1. The van der Waals surface area contributed by atoms with Gasteiger partial charge in [-0.1, -0.05) is 133 Å². The van der Waals surface area contributed by atoms with Crippen LogP contribution in [0.5, 0.6) is 0 Å². The molecule has 0 bridgehead atoms. The van der Waals surface area contributed by atoms with Crippen molar-refractivity contribution in [3.63, 3.8) is 0 Å². The van der Waals surface area contributed by atoms with Crippen molar-refractivity contribution in [1.82, 2.24) is 4.90 Å². The Morgan fingerprint density at radius 1 is 0.591 bits per heavy atom. The zero-order valence-corrected chi connectivity index (χ0v) is 30.2. The Balaban J connectivity index is 4.10. The van der Waals surface area contributed by atoms with E-state index in [2.05, 4.69) is 88.4 Å². The number of rotatable bonds is 33. The summed E-state index contributed by atoms with van der Waals surface area (Å²) >= 11 is 0. The van der Waals surface area contributed by atoms with E-state index in [4.69, 9.17) is 4.74 Å². The molecule has 0 N–H and O–H groups in total. The van der Waals surface area contributed by atoms with E-state index < -0.39 is 0 Å². The summed E-state index contributed by atoms with van der Waals surface area (Å²) in [5.41, 5.74) is 0. The second-order valence-electron chi connectivity index (χ2n) is 13.2. The second-order valence-corrected chi connectivity index (χ2v) is 13.2. The van der Waals surface area contributed by atoms with Crippen LogP contribution in [0, 0.1) is 5.92 Å². The number of unbranched alkanes of at least 4 members (excludes halogenated alkanes) is 17. The largest absolute Gasteiger partial charge is 0.377 e. The van der Waals surface area contributed by atoms with E-state index in [9.17, 15) is 4.79 Å². The van der Waals surface area contributed by atoms with Gasteiger partial charge in [0.25, 0.3) is 0 Å². The molecule has 0 fully saturated rings. The van der Waals surface area contributed by atoms with Gasteiger partial charge in [-0.05, 0) is 91.6 Å². The zero-order chi connectivity index (χ0) is 32.4. The molecule has 0 aliphatic heterocycles. The molecule has 0 radical (unpaired) electrons. The van der Waals surface area contributed by atoms with E-state index >= 15 is 0 Å². The van der Waals surface area contributed by atoms with Crippen LogP contribution < -0.4 is 0 Å². The molecule has 256 valence electrons. The van der Waals surface area contributed by atoms with Gasteiger partial charge < -0.3 is 9.64 Å². The van der Waals surface area contributed by atoms with E-state index in [1.165, 1.54) is 116 Å². The number of allylic oxidation sites excluding steroid dienone is 8. The average Bonchev–Trinajstić information content (AvgIpc) is 3.00. The summed E-state index contributed by atoms with van der Waals surface area (Å²) in [6.07, 6.45) is 46.1. The lowest BCUT2D eigenvalue weighted by atomic mass is 9.96. The van der Waals surface area contributed by atoms with Crippen molar-refractivity contribution in [2.45, 2.75) is 175 Å². The number of carbonyl (C=O) groups excluding carboxylic acids is 1. The molecular formula is C41H75NO2. The van der Waals surface area contributed by atoms with Gasteiger partial charge in [-0.2, -0.15) is 0 Å². The quantitative estimate of drug-likeness (QED) is 0.0544. The third-order valence-corrected chi connectivity index (χ3v) is 8.20. The zero-order valence-electron chi connectivity index (χ0n) is 30.2. The van der Waals surface area contributed by atoms with Crippen molar-refractivity contribution in [2.24, 2.45) is 5.92 Å². The van der Waals surface area contributed by atoms with Crippen LogP contribution in [0.3, 0.4) is 0 Å². The molecule has 0 heterocycles. The highest BCUT2D eigenvalue weighted by Gasteiger charge is 2.11. The third kappa shape index (κ3) is 32.0. The maximum atomic E-state index is 13.1. The number of ketones is 1. The highest BCUT2D eigenvalue weighted by atomic mass is 16.5. The standard InChI is InChI=1S/C41H75NO2/c1-6-8-10-12-13-14-15-16-17-18-19-20-24-28-32-36-41(43)40(34-30-26-11-9-7-2)35-31-27-23-21-22-25-29-33-37-44-39(3)38-42(4)5/h13-14,16-17,30-31,34-35,39-40H,6-12,15,18-29,32-33,36-38H2,1-5H3/b14-13-,17-16-,34-30-,35-31-. The van der Waals surface area contributed by atoms with Gasteiger partial charge in [0.05, 0.1) is 12.0 Å². The molecule has 3 nitrogen and oxygen atoms in total. The summed E-state index contributed by atoms with van der Waals surface area (Å²) in [5, 5.41) is 0. The molecule has 2 unspecified atom stereocenters. The summed E-state index contributed by atoms with van der Waals surface area (Å²) in [7, 11) is 4.19. The molecule has 0 saturated heterocycles. The Bertz CT molecular complexity index is 720. The average molecular weight is 614 g/mol. The first-order valence-electron chi connectivity index (χ1n) is 18.9. The van der Waals surface area contributed by atoms with Crippen LogP contribution in [-0.4, -0.2) is 44.0 Å². The molecule has 0 aromatic carbocycles. The fourth-order valence-corrected chi connectivity index (χ4v) is 5.48. The Kier molecular flexibility index (Phi) is 33.3. The second kappa shape index (κ2) is 34.4. The molecule has 0 rings (SSSR count). The first-order chi connectivity index (χ1) is 21.5. The van der Waals surface area contributed by atoms with Gasteiger partial charge in [0, 0.05) is 19.6 Å². The number of Topliss-reactive ketones (excluding diaryl/α,β-unsaturated/α-hetero) is 1. The highest BCUT2D eigenvalue weighted by molar-refractivity contribution is 5.84. The minimum Gasteiger partial charge on any atom is -0.377 e. The lowest BCUT2D eigenvalue weighted by molar-refractivity contribution is -0.120. The normalized spacial score (nSPS) is 13.9. The van der Waals surface area contributed by atoms with Crippen LogP contribution in [0.25, 0.3) is 0 Å². The predicted molar refractivity (Wildman–Crippen MR) is 197 cm³/mol. The summed E-state index contributed by atoms with van der Waals surface area (Å²) in [6, 6.07) is 0. The van der Waals surface area contributed by atoms with Crippen LogP contribution in [0.15, 0.2) is 48.6 Å². The molecular weight excluding hydrogens is 538 g/mol. The first-order valence-corrected chi connectivity index (χ1v) is 18.9. The van der Waals surface area contributed by atoms with Crippen LogP contribution in [0.1, 0.15) is 168 Å². The minimum atomic E-state index is -0.0302. The maximum Gasteiger partial charge on any atom is 0.143 e. The van der Waals surface area contributed by atoms with E-state index in [0.29, 0.717) is 11.9 Å². The molecule has 0 amide bonds. The summed E-state index contributed by atoms with van der Waals surface area (Å²) in [4.78, 5) is 15.2. The molecule has 0 spiro atoms. The fourth-order valence-electron chi connectivity index (χ4n) is 5.48. The van der Waals surface area contributed by atoms with Gasteiger partial charge in [-0.15, -0.1) is 0 Å². The first kappa shape index (κ1) is 42.6. The van der Waals surface area contributed by atoms with Crippen LogP contribution in [0.4, 0.5) is 0 Å². The Labute approximate surface area is 276 Å². The molecule has 0 aromatic rings. The number of ether oxygens (including phenoxy) is 1. The van der Waals surface area contributed by atoms with E-state index in [-0.39, 0.29) is 5.92 Å². The summed E-state index contributed by atoms with van der Waals surface area (Å²) in [5.74, 6) is 0.373. The smallest absolute Gasteiger partial charge is 0.143 e. The van der Waals surface area contributed by atoms with Crippen molar-refractivity contribution >= 4 is 5.78 Å². The van der Waals surface area contributed by atoms with Crippen LogP contribution in [0.2, 0.25) is 0 Å². The molecule has 3 heteroatoms. The van der Waals surface area contributed by atoms with E-state index in [0.717, 1.165) is 45.3 Å². The van der Waals surface area contributed by atoms with Crippen molar-refractivity contribution in [2.75, 3.05) is 27.2 Å².